The normalized spacial score (nSPS) is 16.0. The van der Waals surface area contributed by atoms with Gasteiger partial charge in [0.15, 0.2) is 5.11 Å². The number of aromatic nitrogens is 2. The Morgan fingerprint density at radius 1 is 1.06 bits per heavy atom. The monoisotopic (exact) mass is 490 g/mol. The van der Waals surface area contributed by atoms with E-state index in [4.69, 9.17) is 33.3 Å². The van der Waals surface area contributed by atoms with Gasteiger partial charge in [0.1, 0.15) is 5.82 Å². The molecule has 1 unspecified atom stereocenters. The van der Waals surface area contributed by atoms with Crippen LogP contribution in [0.4, 0.5) is 4.39 Å². The molecular weight excluding hydrogens is 471 g/mol. The minimum Gasteiger partial charge on any atom is -0.351 e. The Balaban J connectivity index is 1.60. The molecule has 0 bridgehead atoms. The molecule has 8 heteroatoms. The van der Waals surface area contributed by atoms with Gasteiger partial charge in [-0.3, -0.25) is 0 Å². The van der Waals surface area contributed by atoms with E-state index < -0.39 is 0 Å². The molecule has 1 aliphatic heterocycles. The summed E-state index contributed by atoms with van der Waals surface area (Å²) in [7, 11) is 0. The molecule has 1 aliphatic rings. The topological polar surface area (TPSA) is 54.2 Å². The van der Waals surface area contributed by atoms with Crippen molar-refractivity contribution in [3.8, 4) is 11.4 Å². The third-order valence-corrected chi connectivity index (χ3v) is 6.29. The predicted octanol–water partition coefficient (Wildman–Crippen LogP) is 6.39. The molecule has 34 heavy (non-hydrogen) atoms. The number of hydrogen-bond acceptors (Lipinski definition) is 4. The summed E-state index contributed by atoms with van der Waals surface area (Å²) in [5.41, 5.74) is 4.36. The molecule has 0 radical (unpaired) electrons. The highest BCUT2D eigenvalue weighted by molar-refractivity contribution is 7.80. The fourth-order valence-electron chi connectivity index (χ4n) is 3.99. The third-order valence-electron chi connectivity index (χ3n) is 5.72. The number of hydrogen-bond donors (Lipinski definition) is 1. The Kier molecular flexibility index (Phi) is 6.13. The van der Waals surface area contributed by atoms with E-state index in [1.807, 2.05) is 66.4 Å². The van der Waals surface area contributed by atoms with E-state index in [0.29, 0.717) is 28.4 Å². The van der Waals surface area contributed by atoms with Crippen LogP contribution in [0.2, 0.25) is 5.02 Å². The van der Waals surface area contributed by atoms with Crippen molar-refractivity contribution >= 4 is 34.5 Å². The zero-order chi connectivity index (χ0) is 23.7. The van der Waals surface area contributed by atoms with Crippen molar-refractivity contribution in [1.82, 2.24) is 20.4 Å². The van der Waals surface area contributed by atoms with Gasteiger partial charge < -0.3 is 14.7 Å². The van der Waals surface area contributed by atoms with E-state index in [0.717, 1.165) is 28.0 Å². The summed E-state index contributed by atoms with van der Waals surface area (Å²) in [4.78, 5) is 6.65. The Morgan fingerprint density at radius 3 is 2.56 bits per heavy atom. The van der Waals surface area contributed by atoms with Crippen LogP contribution in [0.3, 0.4) is 0 Å². The van der Waals surface area contributed by atoms with Crippen molar-refractivity contribution in [1.29, 1.82) is 0 Å². The van der Waals surface area contributed by atoms with Crippen LogP contribution in [-0.2, 0) is 6.54 Å². The van der Waals surface area contributed by atoms with E-state index in [-0.39, 0.29) is 11.9 Å². The molecule has 4 aromatic rings. The molecule has 0 aliphatic carbocycles. The maximum absolute atomic E-state index is 13.4. The van der Waals surface area contributed by atoms with Crippen LogP contribution in [-0.4, -0.2) is 20.2 Å². The summed E-state index contributed by atoms with van der Waals surface area (Å²) in [6.07, 6.45) is 0. The second-order valence-corrected chi connectivity index (χ2v) is 8.76. The van der Waals surface area contributed by atoms with Gasteiger partial charge in [0.2, 0.25) is 5.82 Å². The first-order valence-corrected chi connectivity index (χ1v) is 11.5. The molecule has 1 N–H and O–H groups in total. The lowest BCUT2D eigenvalue weighted by molar-refractivity contribution is 0.396. The molecule has 2 heterocycles. The molecule has 0 amide bonds. The molecule has 5 nitrogen and oxygen atoms in total. The van der Waals surface area contributed by atoms with Crippen LogP contribution in [0.5, 0.6) is 0 Å². The van der Waals surface area contributed by atoms with Crippen LogP contribution in [0.1, 0.15) is 30.0 Å². The molecular formula is C26H20ClFN4OS. The second kappa shape index (κ2) is 9.37. The fourth-order valence-corrected chi connectivity index (χ4v) is 4.51. The van der Waals surface area contributed by atoms with Gasteiger partial charge in [-0.05, 0) is 54.5 Å². The fraction of sp³-hybridized carbons (Fsp3) is 0.115. The van der Waals surface area contributed by atoms with Crippen molar-refractivity contribution in [2.24, 2.45) is 0 Å². The van der Waals surface area contributed by atoms with Gasteiger partial charge in [-0.15, -0.1) is 0 Å². The van der Waals surface area contributed by atoms with Gasteiger partial charge in [0, 0.05) is 22.8 Å². The van der Waals surface area contributed by atoms with Crippen LogP contribution < -0.4 is 5.32 Å². The van der Waals surface area contributed by atoms with Crippen LogP contribution in [0.25, 0.3) is 17.0 Å². The van der Waals surface area contributed by atoms with Gasteiger partial charge in [-0.25, -0.2) is 4.39 Å². The summed E-state index contributed by atoms with van der Waals surface area (Å²) < 4.78 is 19.2. The Hall–Kier alpha value is -3.55. The maximum atomic E-state index is 13.4. The van der Waals surface area contributed by atoms with E-state index in [1.54, 1.807) is 12.1 Å². The summed E-state index contributed by atoms with van der Waals surface area (Å²) in [6, 6.07) is 23.3. The van der Waals surface area contributed by atoms with Crippen molar-refractivity contribution < 1.29 is 8.91 Å². The van der Waals surface area contributed by atoms with Crippen LogP contribution in [0.15, 0.2) is 89.1 Å². The number of benzene rings is 3. The van der Waals surface area contributed by atoms with Crippen molar-refractivity contribution in [3.63, 3.8) is 0 Å². The predicted molar refractivity (Wildman–Crippen MR) is 134 cm³/mol. The first kappa shape index (κ1) is 22.3. The maximum Gasteiger partial charge on any atom is 0.258 e. The summed E-state index contributed by atoms with van der Waals surface area (Å²) >= 11 is 12.0. The first-order valence-electron chi connectivity index (χ1n) is 10.7. The van der Waals surface area contributed by atoms with E-state index >= 15 is 0 Å². The third kappa shape index (κ3) is 4.44. The lowest BCUT2D eigenvalue weighted by Crippen LogP contribution is -2.45. The highest BCUT2D eigenvalue weighted by atomic mass is 35.5. The summed E-state index contributed by atoms with van der Waals surface area (Å²) in [6.45, 7) is 2.43. The van der Waals surface area contributed by atoms with Gasteiger partial charge in [-0.2, -0.15) is 4.98 Å². The minimum atomic E-state index is -0.334. The van der Waals surface area contributed by atoms with E-state index in [1.165, 1.54) is 12.1 Å². The lowest BCUT2D eigenvalue weighted by Gasteiger charge is -2.37. The number of thiocarbonyl (C=S) groups is 1. The van der Waals surface area contributed by atoms with Gasteiger partial charge in [0.05, 0.1) is 11.6 Å². The van der Waals surface area contributed by atoms with E-state index in [9.17, 15) is 4.39 Å². The average molecular weight is 491 g/mol. The second-order valence-electron chi connectivity index (χ2n) is 7.94. The SMILES string of the molecule is CC1=C(c2nc(-c3ccccc3)no2)C(c2cccc(Cl)c2)NC(=S)N1Cc1ccc(F)cc1. The van der Waals surface area contributed by atoms with E-state index in [2.05, 4.69) is 10.5 Å². The number of allylic oxidation sites excluding steroid dienone is 1. The number of nitrogens with zero attached hydrogens (tertiary/aromatic N) is 3. The highest BCUT2D eigenvalue weighted by Gasteiger charge is 2.34. The van der Waals surface area contributed by atoms with Crippen molar-refractivity contribution in [2.45, 2.75) is 19.5 Å². The molecule has 3 aromatic carbocycles. The van der Waals surface area contributed by atoms with Crippen molar-refractivity contribution in [3.05, 3.63) is 112 Å². The summed E-state index contributed by atoms with van der Waals surface area (Å²) in [5, 5.41) is 8.78. The van der Waals surface area contributed by atoms with Gasteiger partial charge in [-0.1, -0.05) is 71.4 Å². The molecule has 1 atom stereocenters. The smallest absolute Gasteiger partial charge is 0.258 e. The molecule has 5 rings (SSSR count). The Bertz CT molecular complexity index is 1370. The minimum absolute atomic E-state index is 0.281. The average Bonchev–Trinajstić information content (AvgIpc) is 3.33. The van der Waals surface area contributed by atoms with Gasteiger partial charge in [0.25, 0.3) is 5.89 Å². The largest absolute Gasteiger partial charge is 0.351 e. The quantitative estimate of drug-likeness (QED) is 0.327. The molecule has 0 spiro atoms. The zero-order valence-electron chi connectivity index (χ0n) is 18.2. The molecule has 0 saturated carbocycles. The number of rotatable bonds is 5. The van der Waals surface area contributed by atoms with Crippen molar-refractivity contribution in [2.75, 3.05) is 0 Å². The molecule has 1 aromatic heterocycles. The van der Waals surface area contributed by atoms with Gasteiger partial charge >= 0.3 is 0 Å². The Morgan fingerprint density at radius 2 is 1.82 bits per heavy atom. The lowest BCUT2D eigenvalue weighted by atomic mass is 9.94. The highest BCUT2D eigenvalue weighted by Crippen LogP contribution is 2.38. The number of halogens is 2. The van der Waals surface area contributed by atoms with Crippen LogP contribution >= 0.6 is 23.8 Å². The standard InChI is InChI=1S/C26H20ClFN4OS/c1-16-22(25-30-24(31-33-25)18-6-3-2-4-7-18)23(19-8-5-9-20(27)14-19)29-26(34)32(16)15-17-10-12-21(28)13-11-17/h2-14,23H,15H2,1H3,(H,29,34). The zero-order valence-corrected chi connectivity index (χ0v) is 19.8. The summed E-state index contributed by atoms with van der Waals surface area (Å²) in [5.74, 6) is 0.607. The number of nitrogens with one attached hydrogen (secondary N) is 1. The Labute approximate surface area is 206 Å². The first-order chi connectivity index (χ1) is 16.5. The molecule has 170 valence electrons. The molecule has 0 fully saturated rings. The molecule has 0 saturated heterocycles. The van der Waals surface area contributed by atoms with Crippen LogP contribution in [0, 0.1) is 5.82 Å².